The predicted molar refractivity (Wildman–Crippen MR) is 96.6 cm³/mol. The van der Waals surface area contributed by atoms with E-state index < -0.39 is 0 Å². The van der Waals surface area contributed by atoms with Gasteiger partial charge in [0.15, 0.2) is 0 Å². The summed E-state index contributed by atoms with van der Waals surface area (Å²) in [5, 5.41) is 3.10. The molecule has 0 saturated carbocycles. The van der Waals surface area contributed by atoms with E-state index in [-0.39, 0.29) is 11.9 Å². The van der Waals surface area contributed by atoms with Gasteiger partial charge in [0.2, 0.25) is 5.95 Å². The zero-order valence-corrected chi connectivity index (χ0v) is 14.8. The number of rotatable bonds is 3. The molecule has 0 bridgehead atoms. The number of aromatic nitrogens is 2. The van der Waals surface area contributed by atoms with Crippen molar-refractivity contribution >= 4 is 11.9 Å². The molecule has 1 fully saturated rings. The third-order valence-electron chi connectivity index (χ3n) is 4.63. The van der Waals surface area contributed by atoms with Gasteiger partial charge >= 0.3 is 0 Å². The average Bonchev–Trinajstić information content (AvgIpc) is 2.68. The van der Waals surface area contributed by atoms with E-state index in [2.05, 4.69) is 20.2 Å². The van der Waals surface area contributed by atoms with E-state index >= 15 is 0 Å². The van der Waals surface area contributed by atoms with E-state index in [1.54, 1.807) is 6.07 Å². The fourth-order valence-electron chi connectivity index (χ4n) is 3.30. The van der Waals surface area contributed by atoms with Crippen molar-refractivity contribution in [3.8, 4) is 5.75 Å². The molecule has 1 unspecified atom stereocenters. The summed E-state index contributed by atoms with van der Waals surface area (Å²) in [6.07, 6.45) is 0.739. The normalized spacial score (nSPS) is 19.4. The van der Waals surface area contributed by atoms with Gasteiger partial charge in [0, 0.05) is 30.8 Å². The molecule has 3 heterocycles. The van der Waals surface area contributed by atoms with E-state index in [1.807, 2.05) is 31.2 Å². The molecule has 1 atom stereocenters. The number of ether oxygens (including phenoxy) is 2. The van der Waals surface area contributed by atoms with Crippen LogP contribution < -0.4 is 15.0 Å². The lowest BCUT2D eigenvalue weighted by Crippen LogP contribution is -2.38. The second-order valence-electron chi connectivity index (χ2n) is 6.49. The van der Waals surface area contributed by atoms with Gasteiger partial charge in [-0.3, -0.25) is 4.79 Å². The summed E-state index contributed by atoms with van der Waals surface area (Å²) in [5.74, 6) is 1.23. The van der Waals surface area contributed by atoms with Crippen LogP contribution >= 0.6 is 0 Å². The molecule has 136 valence electrons. The van der Waals surface area contributed by atoms with Gasteiger partial charge in [0.25, 0.3) is 5.91 Å². The first kappa shape index (κ1) is 16.8. The summed E-state index contributed by atoms with van der Waals surface area (Å²) in [5.41, 5.74) is 2.17. The number of nitrogens with zero attached hydrogens (tertiary/aromatic N) is 3. The van der Waals surface area contributed by atoms with Crippen molar-refractivity contribution < 1.29 is 14.3 Å². The highest BCUT2D eigenvalue weighted by molar-refractivity contribution is 5.93. The average molecular weight is 354 g/mol. The van der Waals surface area contributed by atoms with E-state index in [1.165, 1.54) is 0 Å². The summed E-state index contributed by atoms with van der Waals surface area (Å²) in [7, 11) is 0. The number of amides is 1. The molecule has 1 aromatic carbocycles. The van der Waals surface area contributed by atoms with E-state index in [9.17, 15) is 4.79 Å². The number of hydrogen-bond acceptors (Lipinski definition) is 6. The highest BCUT2D eigenvalue weighted by Crippen LogP contribution is 2.31. The fourth-order valence-corrected chi connectivity index (χ4v) is 3.30. The van der Waals surface area contributed by atoms with Crippen LogP contribution in [0.15, 0.2) is 30.3 Å². The van der Waals surface area contributed by atoms with Crippen LogP contribution in [0.1, 0.15) is 34.2 Å². The van der Waals surface area contributed by atoms with Crippen LogP contribution in [-0.2, 0) is 4.74 Å². The minimum Gasteiger partial charge on any atom is -0.493 e. The molecule has 0 radical (unpaired) electrons. The number of nitrogens with one attached hydrogen (secondary N) is 1. The Morgan fingerprint density at radius 1 is 1.19 bits per heavy atom. The number of benzene rings is 1. The van der Waals surface area contributed by atoms with Gasteiger partial charge in [-0.1, -0.05) is 18.2 Å². The van der Waals surface area contributed by atoms with Crippen LogP contribution in [0, 0.1) is 6.92 Å². The van der Waals surface area contributed by atoms with Gasteiger partial charge in [-0.15, -0.1) is 0 Å². The van der Waals surface area contributed by atoms with Gasteiger partial charge in [0.1, 0.15) is 11.4 Å². The number of carbonyl (C=O) groups is 1. The standard InChI is InChI=1S/C19H22N4O3/c1-13-12-16(22-19(20-13)23-7-10-25-11-8-23)18(24)21-15-6-9-26-17-5-3-2-4-14(15)17/h2-5,12,15H,6-11H2,1H3,(H,21,24). The predicted octanol–water partition coefficient (Wildman–Crippen LogP) is 1.88. The number of carbonyl (C=O) groups excluding carboxylic acids is 1. The molecule has 1 amide bonds. The lowest BCUT2D eigenvalue weighted by molar-refractivity contribution is 0.0919. The molecule has 1 aromatic heterocycles. The Morgan fingerprint density at radius 2 is 2.00 bits per heavy atom. The zero-order valence-electron chi connectivity index (χ0n) is 14.8. The first-order chi connectivity index (χ1) is 12.7. The van der Waals surface area contributed by atoms with Gasteiger partial charge < -0.3 is 19.7 Å². The summed E-state index contributed by atoms with van der Waals surface area (Å²) < 4.78 is 11.0. The Kier molecular flexibility index (Phi) is 4.71. The monoisotopic (exact) mass is 354 g/mol. The van der Waals surface area contributed by atoms with Crippen molar-refractivity contribution in [2.45, 2.75) is 19.4 Å². The number of hydrogen-bond donors (Lipinski definition) is 1. The smallest absolute Gasteiger partial charge is 0.270 e. The lowest BCUT2D eigenvalue weighted by Gasteiger charge is -2.28. The fraction of sp³-hybridized carbons (Fsp3) is 0.421. The molecule has 2 aliphatic rings. The number of aryl methyl sites for hydroxylation is 1. The molecule has 1 saturated heterocycles. The summed E-state index contributed by atoms with van der Waals surface area (Å²) >= 11 is 0. The topological polar surface area (TPSA) is 76.6 Å². The van der Waals surface area contributed by atoms with Gasteiger partial charge in [0.05, 0.1) is 25.9 Å². The van der Waals surface area contributed by atoms with E-state index in [0.717, 1.165) is 36.5 Å². The lowest BCUT2D eigenvalue weighted by atomic mass is 10.0. The van der Waals surface area contributed by atoms with Gasteiger partial charge in [-0.25, -0.2) is 9.97 Å². The summed E-state index contributed by atoms with van der Waals surface area (Å²) in [6.45, 7) is 5.24. The molecular formula is C19H22N4O3. The highest BCUT2D eigenvalue weighted by atomic mass is 16.5. The summed E-state index contributed by atoms with van der Waals surface area (Å²) in [4.78, 5) is 23.9. The molecule has 2 aliphatic heterocycles. The van der Waals surface area contributed by atoms with E-state index in [0.29, 0.717) is 31.5 Å². The van der Waals surface area contributed by atoms with E-state index in [4.69, 9.17) is 9.47 Å². The van der Waals surface area contributed by atoms with Crippen LogP contribution in [0.4, 0.5) is 5.95 Å². The van der Waals surface area contributed by atoms with Crippen molar-refractivity contribution in [3.63, 3.8) is 0 Å². The van der Waals surface area contributed by atoms with Crippen molar-refractivity contribution in [2.75, 3.05) is 37.8 Å². The Bertz CT molecular complexity index is 805. The minimum absolute atomic E-state index is 0.0745. The molecule has 7 nitrogen and oxygen atoms in total. The first-order valence-electron chi connectivity index (χ1n) is 8.92. The molecule has 2 aromatic rings. The second-order valence-corrected chi connectivity index (χ2v) is 6.49. The third-order valence-corrected chi connectivity index (χ3v) is 4.63. The van der Waals surface area contributed by atoms with Crippen molar-refractivity contribution in [3.05, 3.63) is 47.3 Å². The maximum absolute atomic E-state index is 12.8. The van der Waals surface area contributed by atoms with Crippen molar-refractivity contribution in [1.82, 2.24) is 15.3 Å². The number of fused-ring (bicyclic) bond motifs is 1. The van der Waals surface area contributed by atoms with Crippen LogP contribution in [0.2, 0.25) is 0 Å². The molecule has 4 rings (SSSR count). The van der Waals surface area contributed by atoms with Gasteiger partial charge in [-0.05, 0) is 19.1 Å². The zero-order chi connectivity index (χ0) is 17.9. The Morgan fingerprint density at radius 3 is 2.85 bits per heavy atom. The maximum atomic E-state index is 12.8. The molecule has 7 heteroatoms. The van der Waals surface area contributed by atoms with Crippen molar-refractivity contribution in [2.24, 2.45) is 0 Å². The minimum atomic E-state index is -0.188. The largest absolute Gasteiger partial charge is 0.493 e. The second kappa shape index (κ2) is 7.29. The molecular weight excluding hydrogens is 332 g/mol. The molecule has 0 aliphatic carbocycles. The Hall–Kier alpha value is -2.67. The number of anilines is 1. The summed E-state index contributed by atoms with van der Waals surface area (Å²) in [6, 6.07) is 9.46. The Labute approximate surface area is 152 Å². The van der Waals surface area contributed by atoms with Crippen LogP contribution in [0.25, 0.3) is 0 Å². The molecule has 0 spiro atoms. The number of para-hydroxylation sites is 1. The SMILES string of the molecule is Cc1cc(C(=O)NC2CCOc3ccccc32)nc(N2CCOCC2)n1. The first-order valence-corrected chi connectivity index (χ1v) is 8.92. The Balaban J connectivity index is 1.54. The molecule has 1 N–H and O–H groups in total. The third kappa shape index (κ3) is 3.48. The van der Waals surface area contributed by atoms with Crippen molar-refractivity contribution in [1.29, 1.82) is 0 Å². The van der Waals surface area contributed by atoms with Crippen LogP contribution in [-0.4, -0.2) is 48.8 Å². The van der Waals surface area contributed by atoms with Gasteiger partial charge in [-0.2, -0.15) is 0 Å². The van der Waals surface area contributed by atoms with Crippen LogP contribution in [0.3, 0.4) is 0 Å². The highest BCUT2D eigenvalue weighted by Gasteiger charge is 2.24. The quantitative estimate of drug-likeness (QED) is 0.907. The number of morpholine rings is 1. The molecule has 26 heavy (non-hydrogen) atoms. The maximum Gasteiger partial charge on any atom is 0.270 e. The van der Waals surface area contributed by atoms with Crippen LogP contribution in [0.5, 0.6) is 5.75 Å².